The standard InChI is InChI=1S/C16H15Br3O2/c1-2-20-15-8-12(9-17)7-14(19)16(15)21-10-11-4-3-5-13(18)6-11/h3-8H,2,9-10H2,1H3. The van der Waals surface area contributed by atoms with Gasteiger partial charge in [0.2, 0.25) is 0 Å². The highest BCUT2D eigenvalue weighted by atomic mass is 79.9. The van der Waals surface area contributed by atoms with Crippen LogP contribution in [0.4, 0.5) is 0 Å². The van der Waals surface area contributed by atoms with Crippen LogP contribution in [0, 0.1) is 0 Å². The minimum atomic E-state index is 0.492. The van der Waals surface area contributed by atoms with Crippen molar-refractivity contribution in [2.75, 3.05) is 6.61 Å². The van der Waals surface area contributed by atoms with Crippen LogP contribution in [0.1, 0.15) is 18.1 Å². The number of rotatable bonds is 6. The Hall–Kier alpha value is -0.520. The third-order valence-electron chi connectivity index (χ3n) is 2.80. The highest BCUT2D eigenvalue weighted by molar-refractivity contribution is 9.11. The van der Waals surface area contributed by atoms with Crippen LogP contribution in [0.2, 0.25) is 0 Å². The number of halogens is 3. The van der Waals surface area contributed by atoms with Gasteiger partial charge in [0, 0.05) is 9.80 Å². The predicted molar refractivity (Wildman–Crippen MR) is 96.4 cm³/mol. The smallest absolute Gasteiger partial charge is 0.175 e. The van der Waals surface area contributed by atoms with E-state index in [4.69, 9.17) is 9.47 Å². The van der Waals surface area contributed by atoms with E-state index in [-0.39, 0.29) is 0 Å². The molecule has 0 amide bonds. The summed E-state index contributed by atoms with van der Waals surface area (Å²) in [5.41, 5.74) is 2.24. The third-order valence-corrected chi connectivity index (χ3v) is 4.53. The molecule has 0 bridgehead atoms. The zero-order valence-corrected chi connectivity index (χ0v) is 16.3. The SMILES string of the molecule is CCOc1cc(CBr)cc(Br)c1OCc1cccc(Br)c1. The Morgan fingerprint density at radius 1 is 1.00 bits per heavy atom. The van der Waals surface area contributed by atoms with Gasteiger partial charge in [-0.2, -0.15) is 0 Å². The van der Waals surface area contributed by atoms with Crippen molar-refractivity contribution in [2.45, 2.75) is 18.9 Å². The molecule has 0 aliphatic carbocycles. The molecular weight excluding hydrogens is 464 g/mol. The molecule has 0 saturated heterocycles. The average molecular weight is 479 g/mol. The first kappa shape index (κ1) is 16.8. The van der Waals surface area contributed by atoms with Gasteiger partial charge in [0.1, 0.15) is 6.61 Å². The minimum Gasteiger partial charge on any atom is -0.490 e. The molecule has 112 valence electrons. The Bertz CT molecular complexity index is 614. The lowest BCUT2D eigenvalue weighted by molar-refractivity contribution is 0.267. The quantitative estimate of drug-likeness (QED) is 0.468. The van der Waals surface area contributed by atoms with E-state index in [9.17, 15) is 0 Å². The maximum atomic E-state index is 5.95. The molecule has 5 heteroatoms. The molecule has 0 N–H and O–H groups in total. The van der Waals surface area contributed by atoms with Crippen LogP contribution in [0.25, 0.3) is 0 Å². The second kappa shape index (κ2) is 8.20. The first-order chi connectivity index (χ1) is 10.1. The van der Waals surface area contributed by atoms with Gasteiger partial charge in [-0.1, -0.05) is 44.0 Å². The molecule has 0 fully saturated rings. The number of hydrogen-bond donors (Lipinski definition) is 0. The largest absolute Gasteiger partial charge is 0.490 e. The monoisotopic (exact) mass is 476 g/mol. The van der Waals surface area contributed by atoms with E-state index in [2.05, 4.69) is 47.8 Å². The van der Waals surface area contributed by atoms with Crippen molar-refractivity contribution in [1.29, 1.82) is 0 Å². The highest BCUT2D eigenvalue weighted by Gasteiger charge is 2.12. The summed E-state index contributed by atoms with van der Waals surface area (Å²) in [6.07, 6.45) is 0. The molecule has 0 heterocycles. The fourth-order valence-corrected chi connectivity index (χ4v) is 3.26. The molecule has 0 saturated carbocycles. The van der Waals surface area contributed by atoms with Gasteiger partial charge in [-0.3, -0.25) is 0 Å². The Labute approximate surface area is 150 Å². The summed E-state index contributed by atoms with van der Waals surface area (Å²) in [5, 5.41) is 0.775. The third kappa shape index (κ3) is 4.73. The summed E-state index contributed by atoms with van der Waals surface area (Å²) in [6.45, 7) is 3.06. The van der Waals surface area contributed by atoms with Crippen molar-refractivity contribution in [3.8, 4) is 11.5 Å². The summed E-state index contributed by atoms with van der Waals surface area (Å²) in [6, 6.07) is 12.1. The molecule has 0 radical (unpaired) electrons. The van der Waals surface area contributed by atoms with Gasteiger partial charge in [-0.25, -0.2) is 0 Å². The molecule has 0 atom stereocenters. The molecule has 0 aliphatic heterocycles. The van der Waals surface area contributed by atoms with Crippen LogP contribution < -0.4 is 9.47 Å². The van der Waals surface area contributed by atoms with Crippen molar-refractivity contribution < 1.29 is 9.47 Å². The van der Waals surface area contributed by atoms with Crippen molar-refractivity contribution in [3.63, 3.8) is 0 Å². The molecule has 2 aromatic rings. The maximum absolute atomic E-state index is 5.95. The van der Waals surface area contributed by atoms with Gasteiger partial charge >= 0.3 is 0 Å². The lowest BCUT2D eigenvalue weighted by Gasteiger charge is -2.15. The van der Waals surface area contributed by atoms with Crippen molar-refractivity contribution in [3.05, 3.63) is 56.5 Å². The Kier molecular flexibility index (Phi) is 6.58. The fourth-order valence-electron chi connectivity index (χ4n) is 1.88. The van der Waals surface area contributed by atoms with E-state index in [1.54, 1.807) is 0 Å². The average Bonchev–Trinajstić information content (AvgIpc) is 2.46. The lowest BCUT2D eigenvalue weighted by atomic mass is 10.2. The number of benzene rings is 2. The lowest BCUT2D eigenvalue weighted by Crippen LogP contribution is -2.01. The van der Waals surface area contributed by atoms with Gasteiger partial charge < -0.3 is 9.47 Å². The molecule has 21 heavy (non-hydrogen) atoms. The van der Waals surface area contributed by atoms with Crippen LogP contribution in [-0.2, 0) is 11.9 Å². The van der Waals surface area contributed by atoms with Gasteiger partial charge in [0.05, 0.1) is 11.1 Å². The van der Waals surface area contributed by atoms with Crippen LogP contribution in [0.5, 0.6) is 11.5 Å². The molecule has 2 rings (SSSR count). The second-order valence-electron chi connectivity index (χ2n) is 4.39. The van der Waals surface area contributed by atoms with Crippen LogP contribution in [0.3, 0.4) is 0 Å². The summed E-state index contributed by atoms with van der Waals surface area (Å²) >= 11 is 10.5. The molecule has 0 aliphatic rings. The second-order valence-corrected chi connectivity index (χ2v) is 6.72. The van der Waals surface area contributed by atoms with Crippen LogP contribution in [-0.4, -0.2) is 6.61 Å². The summed E-state index contributed by atoms with van der Waals surface area (Å²) < 4.78 is 13.6. The zero-order chi connectivity index (χ0) is 15.2. The van der Waals surface area contributed by atoms with E-state index in [1.165, 1.54) is 0 Å². The van der Waals surface area contributed by atoms with Gasteiger partial charge in [0.25, 0.3) is 0 Å². The van der Waals surface area contributed by atoms with E-state index >= 15 is 0 Å². The Balaban J connectivity index is 2.22. The van der Waals surface area contributed by atoms with E-state index in [0.717, 1.165) is 36.9 Å². The molecule has 2 aromatic carbocycles. The van der Waals surface area contributed by atoms with E-state index in [0.29, 0.717) is 13.2 Å². The summed E-state index contributed by atoms with van der Waals surface area (Å²) in [5.74, 6) is 1.50. The maximum Gasteiger partial charge on any atom is 0.175 e. The van der Waals surface area contributed by atoms with Crippen LogP contribution in [0.15, 0.2) is 45.3 Å². The number of ether oxygens (including phenoxy) is 2. The normalized spacial score (nSPS) is 10.5. The van der Waals surface area contributed by atoms with Crippen molar-refractivity contribution in [2.24, 2.45) is 0 Å². The topological polar surface area (TPSA) is 18.5 Å². The highest BCUT2D eigenvalue weighted by Crippen LogP contribution is 2.38. The minimum absolute atomic E-state index is 0.492. The zero-order valence-electron chi connectivity index (χ0n) is 11.5. The summed E-state index contributed by atoms with van der Waals surface area (Å²) in [7, 11) is 0. The Morgan fingerprint density at radius 2 is 1.81 bits per heavy atom. The van der Waals surface area contributed by atoms with Crippen molar-refractivity contribution in [1.82, 2.24) is 0 Å². The molecule has 0 spiro atoms. The fraction of sp³-hybridized carbons (Fsp3) is 0.250. The van der Waals surface area contributed by atoms with E-state index in [1.807, 2.05) is 43.3 Å². The van der Waals surface area contributed by atoms with Gasteiger partial charge in [-0.15, -0.1) is 0 Å². The Morgan fingerprint density at radius 3 is 2.48 bits per heavy atom. The van der Waals surface area contributed by atoms with Gasteiger partial charge in [0.15, 0.2) is 11.5 Å². The number of alkyl halides is 1. The van der Waals surface area contributed by atoms with Crippen LogP contribution >= 0.6 is 47.8 Å². The summed E-state index contributed by atoms with van der Waals surface area (Å²) in [4.78, 5) is 0. The van der Waals surface area contributed by atoms with Gasteiger partial charge in [-0.05, 0) is 58.2 Å². The van der Waals surface area contributed by atoms with Crippen molar-refractivity contribution >= 4 is 47.8 Å². The first-order valence-corrected chi connectivity index (χ1v) is 9.23. The molecule has 2 nitrogen and oxygen atoms in total. The number of hydrogen-bond acceptors (Lipinski definition) is 2. The first-order valence-electron chi connectivity index (χ1n) is 6.52. The molecule has 0 aromatic heterocycles. The van der Waals surface area contributed by atoms with E-state index < -0.39 is 0 Å². The molecular formula is C16H15Br3O2. The molecule has 0 unspecified atom stereocenters. The predicted octanol–water partition coefficient (Wildman–Crippen LogP) is 6.08.